The van der Waals surface area contributed by atoms with E-state index < -0.39 is 0 Å². The fraction of sp³-hybridized carbons (Fsp3) is 0.333. The molecule has 2 aromatic carbocycles. The van der Waals surface area contributed by atoms with Gasteiger partial charge in [-0.25, -0.2) is 0 Å². The lowest BCUT2D eigenvalue weighted by atomic mass is 10.1. The number of nitrogens with one attached hydrogen (secondary N) is 2. The number of rotatable bonds is 9. The van der Waals surface area contributed by atoms with Crippen molar-refractivity contribution in [2.45, 2.75) is 26.7 Å². The molecule has 0 aliphatic carbocycles. The Balaban J connectivity index is 2.22. The van der Waals surface area contributed by atoms with Crippen LogP contribution < -0.4 is 20.1 Å². The number of amides is 2. The zero-order valence-corrected chi connectivity index (χ0v) is 17.1. The second-order valence-corrected chi connectivity index (χ2v) is 6.49. The summed E-state index contributed by atoms with van der Waals surface area (Å²) in [6, 6.07) is 9.80. The second kappa shape index (κ2) is 10.6. The third-order valence-electron chi connectivity index (χ3n) is 3.83. The molecule has 0 aliphatic rings. The summed E-state index contributed by atoms with van der Waals surface area (Å²) >= 11 is 6.05. The van der Waals surface area contributed by atoms with Gasteiger partial charge >= 0.3 is 0 Å². The molecule has 0 saturated heterocycles. The maximum atomic E-state index is 12.7. The Kier molecular flexibility index (Phi) is 8.14. The molecular formula is C21H25ClN2O4. The van der Waals surface area contributed by atoms with Crippen LogP contribution in [0.4, 0.5) is 5.69 Å². The molecule has 0 radical (unpaired) electrons. The van der Waals surface area contributed by atoms with E-state index in [0.717, 1.165) is 12.8 Å². The first kappa shape index (κ1) is 21.6. The van der Waals surface area contributed by atoms with Gasteiger partial charge < -0.3 is 20.1 Å². The van der Waals surface area contributed by atoms with E-state index in [9.17, 15) is 9.59 Å². The van der Waals surface area contributed by atoms with Gasteiger partial charge in [-0.2, -0.15) is 0 Å². The van der Waals surface area contributed by atoms with E-state index in [1.165, 1.54) is 13.1 Å². The van der Waals surface area contributed by atoms with Crippen LogP contribution in [-0.4, -0.2) is 32.1 Å². The third kappa shape index (κ3) is 5.63. The van der Waals surface area contributed by atoms with Crippen LogP contribution in [0.1, 0.15) is 47.4 Å². The Morgan fingerprint density at radius 1 is 0.929 bits per heavy atom. The summed E-state index contributed by atoms with van der Waals surface area (Å²) in [6.07, 6.45) is 1.72. The molecule has 2 aromatic rings. The first-order valence-corrected chi connectivity index (χ1v) is 9.60. The van der Waals surface area contributed by atoms with E-state index in [4.69, 9.17) is 21.1 Å². The standard InChI is InChI=1S/C21H25ClN2O4/c1-4-10-27-18-9-6-14(12-19(18)28-11-5-2)20(25)24-15-7-8-17(22)16(13-15)21(26)23-3/h6-9,12-13H,4-5,10-11H2,1-3H3,(H,23,26)(H,24,25). The quantitative estimate of drug-likeness (QED) is 0.643. The van der Waals surface area contributed by atoms with Gasteiger partial charge in [0.25, 0.3) is 11.8 Å². The molecule has 6 nitrogen and oxygen atoms in total. The van der Waals surface area contributed by atoms with E-state index in [1.807, 2.05) is 13.8 Å². The Bertz CT molecular complexity index is 839. The maximum absolute atomic E-state index is 12.7. The lowest BCUT2D eigenvalue weighted by Gasteiger charge is -2.14. The molecule has 0 heterocycles. The molecule has 7 heteroatoms. The van der Waals surface area contributed by atoms with Crippen molar-refractivity contribution >= 4 is 29.1 Å². The van der Waals surface area contributed by atoms with Crippen molar-refractivity contribution in [1.82, 2.24) is 5.32 Å². The second-order valence-electron chi connectivity index (χ2n) is 6.09. The summed E-state index contributed by atoms with van der Waals surface area (Å²) < 4.78 is 11.4. The van der Waals surface area contributed by atoms with Gasteiger partial charge in [-0.15, -0.1) is 0 Å². The van der Waals surface area contributed by atoms with Crippen molar-refractivity contribution in [3.05, 3.63) is 52.5 Å². The van der Waals surface area contributed by atoms with Gasteiger partial charge in [-0.3, -0.25) is 9.59 Å². The zero-order chi connectivity index (χ0) is 20.5. The molecule has 0 atom stereocenters. The molecular weight excluding hydrogens is 380 g/mol. The summed E-state index contributed by atoms with van der Waals surface area (Å²) in [7, 11) is 1.52. The highest BCUT2D eigenvalue weighted by atomic mass is 35.5. The Labute approximate surface area is 170 Å². The minimum atomic E-state index is -0.325. The molecule has 0 unspecified atom stereocenters. The summed E-state index contributed by atoms with van der Waals surface area (Å²) in [4.78, 5) is 24.5. The van der Waals surface area contributed by atoms with E-state index in [0.29, 0.717) is 41.0 Å². The number of carbonyl (C=O) groups is 2. The highest BCUT2D eigenvalue weighted by Gasteiger charge is 2.14. The van der Waals surface area contributed by atoms with Crippen molar-refractivity contribution in [3.63, 3.8) is 0 Å². The van der Waals surface area contributed by atoms with E-state index in [2.05, 4.69) is 10.6 Å². The van der Waals surface area contributed by atoms with Gasteiger partial charge in [0.15, 0.2) is 11.5 Å². The fourth-order valence-corrected chi connectivity index (χ4v) is 2.62. The van der Waals surface area contributed by atoms with Gasteiger partial charge in [0.2, 0.25) is 0 Å². The van der Waals surface area contributed by atoms with Gasteiger partial charge in [0.1, 0.15) is 0 Å². The Morgan fingerprint density at radius 2 is 1.61 bits per heavy atom. The summed E-state index contributed by atoms with van der Waals surface area (Å²) in [5.41, 5.74) is 1.18. The van der Waals surface area contributed by atoms with Crippen LogP contribution in [0.5, 0.6) is 11.5 Å². The average molecular weight is 405 g/mol. The van der Waals surface area contributed by atoms with E-state index in [1.54, 1.807) is 30.3 Å². The Hall–Kier alpha value is -2.73. The van der Waals surface area contributed by atoms with E-state index >= 15 is 0 Å². The molecule has 0 fully saturated rings. The van der Waals surface area contributed by atoms with Crippen LogP contribution in [0.15, 0.2) is 36.4 Å². The molecule has 0 saturated carbocycles. The number of carbonyl (C=O) groups excluding carboxylic acids is 2. The predicted octanol–water partition coefficient (Wildman–Crippen LogP) is 4.53. The first-order chi connectivity index (χ1) is 13.5. The summed E-state index contributed by atoms with van der Waals surface area (Å²) in [5.74, 6) is 0.493. The minimum absolute atomic E-state index is 0.289. The van der Waals surface area contributed by atoms with Gasteiger partial charge in [-0.05, 0) is 49.2 Å². The Morgan fingerprint density at radius 3 is 2.25 bits per heavy atom. The molecule has 0 spiro atoms. The van der Waals surface area contributed by atoms with Crippen molar-refractivity contribution < 1.29 is 19.1 Å². The number of hydrogen-bond donors (Lipinski definition) is 2. The van der Waals surface area contributed by atoms with Crippen molar-refractivity contribution in [3.8, 4) is 11.5 Å². The molecule has 2 rings (SSSR count). The van der Waals surface area contributed by atoms with Crippen LogP contribution in [0, 0.1) is 0 Å². The molecule has 0 aromatic heterocycles. The topological polar surface area (TPSA) is 76.7 Å². The van der Waals surface area contributed by atoms with Crippen LogP contribution in [0.2, 0.25) is 5.02 Å². The number of hydrogen-bond acceptors (Lipinski definition) is 4. The van der Waals surface area contributed by atoms with Crippen molar-refractivity contribution in [2.75, 3.05) is 25.6 Å². The molecule has 28 heavy (non-hydrogen) atoms. The molecule has 0 bridgehead atoms. The molecule has 150 valence electrons. The van der Waals surface area contributed by atoms with Crippen LogP contribution in [0.3, 0.4) is 0 Å². The maximum Gasteiger partial charge on any atom is 0.255 e. The highest BCUT2D eigenvalue weighted by Crippen LogP contribution is 2.29. The first-order valence-electron chi connectivity index (χ1n) is 9.22. The summed E-state index contributed by atoms with van der Waals surface area (Å²) in [5, 5.41) is 5.60. The monoisotopic (exact) mass is 404 g/mol. The third-order valence-corrected chi connectivity index (χ3v) is 4.15. The van der Waals surface area contributed by atoms with Crippen LogP contribution in [0.25, 0.3) is 0 Å². The van der Waals surface area contributed by atoms with Crippen molar-refractivity contribution in [2.24, 2.45) is 0 Å². The average Bonchev–Trinajstić information content (AvgIpc) is 2.71. The zero-order valence-electron chi connectivity index (χ0n) is 16.3. The number of benzene rings is 2. The SMILES string of the molecule is CCCOc1ccc(C(=O)Nc2ccc(Cl)c(C(=O)NC)c2)cc1OCCC. The largest absolute Gasteiger partial charge is 0.490 e. The van der Waals surface area contributed by atoms with Gasteiger partial charge in [-0.1, -0.05) is 25.4 Å². The molecule has 2 amide bonds. The predicted molar refractivity (Wildman–Crippen MR) is 111 cm³/mol. The number of halogens is 1. The minimum Gasteiger partial charge on any atom is -0.490 e. The van der Waals surface area contributed by atoms with Gasteiger partial charge in [0, 0.05) is 18.3 Å². The number of ether oxygens (including phenoxy) is 2. The summed E-state index contributed by atoms with van der Waals surface area (Å²) in [6.45, 7) is 5.13. The van der Waals surface area contributed by atoms with Crippen LogP contribution >= 0.6 is 11.6 Å². The van der Waals surface area contributed by atoms with Crippen LogP contribution in [-0.2, 0) is 0 Å². The smallest absolute Gasteiger partial charge is 0.255 e. The molecule has 2 N–H and O–H groups in total. The fourth-order valence-electron chi connectivity index (χ4n) is 2.42. The highest BCUT2D eigenvalue weighted by molar-refractivity contribution is 6.34. The van der Waals surface area contributed by atoms with E-state index in [-0.39, 0.29) is 17.4 Å². The number of anilines is 1. The lowest BCUT2D eigenvalue weighted by molar-refractivity contribution is 0.0961. The molecule has 0 aliphatic heterocycles. The normalized spacial score (nSPS) is 10.3. The van der Waals surface area contributed by atoms with Gasteiger partial charge in [0.05, 0.1) is 23.8 Å². The lowest BCUT2D eigenvalue weighted by Crippen LogP contribution is -2.19. The van der Waals surface area contributed by atoms with Crippen molar-refractivity contribution in [1.29, 1.82) is 0 Å².